The van der Waals surface area contributed by atoms with E-state index in [1.165, 1.54) is 22.0 Å². The molecule has 1 aliphatic heterocycles. The van der Waals surface area contributed by atoms with Gasteiger partial charge in [0.2, 0.25) is 5.91 Å². The molecule has 1 atom stereocenters. The van der Waals surface area contributed by atoms with E-state index in [1.807, 2.05) is 53.4 Å². The number of amides is 1. The van der Waals surface area contributed by atoms with Gasteiger partial charge in [-0.25, -0.2) is 9.66 Å². The summed E-state index contributed by atoms with van der Waals surface area (Å²) in [4.78, 5) is 19.3. The van der Waals surface area contributed by atoms with Crippen molar-refractivity contribution < 1.29 is 4.79 Å². The van der Waals surface area contributed by atoms with Crippen molar-refractivity contribution in [1.29, 1.82) is 0 Å². The number of carbonyl (C=O) groups excluding carboxylic acids is 1. The summed E-state index contributed by atoms with van der Waals surface area (Å²) in [5, 5.41) is 0.636. The lowest BCUT2D eigenvalue weighted by Crippen LogP contribution is -2.37. The number of fused-ring (bicyclic) bond motifs is 1. The van der Waals surface area contributed by atoms with Gasteiger partial charge in [-0.1, -0.05) is 60.3 Å². The molecule has 26 heavy (non-hydrogen) atoms. The number of nitrogen functional groups attached to an aromatic ring is 1. The van der Waals surface area contributed by atoms with Gasteiger partial charge in [0.05, 0.1) is 17.6 Å². The molecular weight excluding hydrogens is 344 g/mol. The number of nitrogens with two attached hydrogens (primary N) is 1. The van der Waals surface area contributed by atoms with Crippen molar-refractivity contribution in [2.45, 2.75) is 24.5 Å². The number of carbonyl (C=O) groups is 1. The summed E-state index contributed by atoms with van der Waals surface area (Å²) in [6.07, 6.45) is 2.69. The second-order valence-corrected chi connectivity index (χ2v) is 7.36. The molecule has 5 nitrogen and oxygen atoms in total. The molecule has 2 N–H and O–H groups in total. The Morgan fingerprint density at radius 3 is 2.73 bits per heavy atom. The monoisotopic (exact) mass is 364 g/mol. The first-order chi connectivity index (χ1) is 12.6. The first-order valence-corrected chi connectivity index (χ1v) is 9.54. The van der Waals surface area contributed by atoms with Gasteiger partial charge < -0.3 is 10.7 Å². The molecule has 0 unspecified atom stereocenters. The number of imidazole rings is 1. The van der Waals surface area contributed by atoms with Gasteiger partial charge in [-0.2, -0.15) is 0 Å². The largest absolute Gasteiger partial charge is 0.337 e. The molecule has 1 aromatic heterocycles. The number of rotatable bonds is 4. The Labute approximate surface area is 156 Å². The Kier molecular flexibility index (Phi) is 4.42. The summed E-state index contributed by atoms with van der Waals surface area (Å²) in [6.45, 7) is 2.08. The smallest absolute Gasteiger partial charge is 0.237 e. The summed E-state index contributed by atoms with van der Waals surface area (Å²) in [5.41, 5.74) is 4.06. The summed E-state index contributed by atoms with van der Waals surface area (Å²) in [7, 11) is 0. The van der Waals surface area contributed by atoms with Gasteiger partial charge in [0.1, 0.15) is 0 Å². The number of para-hydroxylation sites is 1. The quantitative estimate of drug-likeness (QED) is 0.570. The minimum Gasteiger partial charge on any atom is -0.337 e. The molecule has 1 aliphatic rings. The maximum absolute atomic E-state index is 12.8. The lowest BCUT2D eigenvalue weighted by atomic mass is 10.1. The molecule has 3 aromatic rings. The van der Waals surface area contributed by atoms with Crippen molar-refractivity contribution in [3.8, 4) is 11.3 Å². The normalized spacial score (nSPS) is 15.9. The van der Waals surface area contributed by atoms with Crippen LogP contribution in [0.2, 0.25) is 0 Å². The van der Waals surface area contributed by atoms with Crippen molar-refractivity contribution in [3.05, 3.63) is 66.4 Å². The van der Waals surface area contributed by atoms with E-state index in [0.717, 1.165) is 23.4 Å². The molecule has 0 radical (unpaired) electrons. The fourth-order valence-corrected chi connectivity index (χ4v) is 4.13. The molecule has 4 rings (SSSR count). The number of hydrogen-bond acceptors (Lipinski definition) is 4. The van der Waals surface area contributed by atoms with Crippen molar-refractivity contribution in [3.63, 3.8) is 0 Å². The van der Waals surface area contributed by atoms with Gasteiger partial charge in [-0.15, -0.1) is 0 Å². The van der Waals surface area contributed by atoms with Gasteiger partial charge in [-0.3, -0.25) is 4.79 Å². The number of benzene rings is 2. The average Bonchev–Trinajstić information content (AvgIpc) is 3.19. The number of hydrogen-bond donors (Lipinski definition) is 1. The Morgan fingerprint density at radius 2 is 1.92 bits per heavy atom. The van der Waals surface area contributed by atoms with E-state index in [2.05, 4.69) is 18.0 Å². The van der Waals surface area contributed by atoms with E-state index < -0.39 is 0 Å². The highest BCUT2D eigenvalue weighted by molar-refractivity contribution is 7.99. The van der Waals surface area contributed by atoms with Gasteiger partial charge >= 0.3 is 0 Å². The van der Waals surface area contributed by atoms with E-state index in [4.69, 9.17) is 5.84 Å². The van der Waals surface area contributed by atoms with Gasteiger partial charge in [0.25, 0.3) is 0 Å². The van der Waals surface area contributed by atoms with Crippen LogP contribution in [0.3, 0.4) is 0 Å². The van der Waals surface area contributed by atoms with E-state index in [0.29, 0.717) is 10.9 Å². The zero-order valence-corrected chi connectivity index (χ0v) is 15.3. The summed E-state index contributed by atoms with van der Waals surface area (Å²) in [5.74, 6) is 6.42. The Bertz CT molecular complexity index is 938. The summed E-state index contributed by atoms with van der Waals surface area (Å²) < 4.78 is 1.49. The molecule has 0 saturated carbocycles. The zero-order chi connectivity index (χ0) is 18.1. The fraction of sp³-hybridized carbons (Fsp3) is 0.200. The molecule has 0 spiro atoms. The van der Waals surface area contributed by atoms with E-state index in [1.54, 1.807) is 6.20 Å². The van der Waals surface area contributed by atoms with Crippen LogP contribution in [0.15, 0.2) is 66.0 Å². The van der Waals surface area contributed by atoms with Crippen LogP contribution in [-0.2, 0) is 11.2 Å². The van der Waals surface area contributed by atoms with Crippen LogP contribution < -0.4 is 10.7 Å². The van der Waals surface area contributed by atoms with Crippen LogP contribution in [-0.4, -0.2) is 27.4 Å². The third-order valence-electron chi connectivity index (χ3n) is 4.57. The minimum atomic E-state index is 0.0803. The Balaban J connectivity index is 1.48. The first kappa shape index (κ1) is 16.7. The van der Waals surface area contributed by atoms with Crippen LogP contribution in [0.1, 0.15) is 12.5 Å². The Morgan fingerprint density at radius 1 is 1.19 bits per heavy atom. The predicted octanol–water partition coefficient (Wildman–Crippen LogP) is 3.33. The standard InChI is InChI=1S/C20H20N4OS/c1-14-11-16-9-5-6-10-18(16)24(14)19(25)13-26-20-22-17(12-23(20)21)15-7-3-2-4-8-15/h2-10,12,14H,11,13,21H2,1H3/t14-/m0/s1. The first-order valence-electron chi connectivity index (χ1n) is 8.56. The number of nitrogens with zero attached hydrogens (tertiary/aromatic N) is 3. The molecular formula is C20H20N4OS. The second-order valence-electron chi connectivity index (χ2n) is 6.42. The highest BCUT2D eigenvalue weighted by atomic mass is 32.2. The van der Waals surface area contributed by atoms with Gasteiger partial charge in [0, 0.05) is 17.3 Å². The van der Waals surface area contributed by atoms with Gasteiger partial charge in [0.15, 0.2) is 5.16 Å². The minimum absolute atomic E-state index is 0.0803. The SMILES string of the molecule is C[C@H]1Cc2ccccc2N1C(=O)CSc1nc(-c2ccccc2)cn1N. The molecule has 0 saturated heterocycles. The average molecular weight is 364 g/mol. The van der Waals surface area contributed by atoms with Crippen molar-refractivity contribution in [1.82, 2.24) is 9.66 Å². The Hall–Kier alpha value is -2.73. The van der Waals surface area contributed by atoms with Crippen LogP contribution >= 0.6 is 11.8 Å². The third-order valence-corrected chi connectivity index (χ3v) is 5.52. The maximum atomic E-state index is 12.8. The second kappa shape index (κ2) is 6.88. The topological polar surface area (TPSA) is 64.2 Å². The van der Waals surface area contributed by atoms with E-state index >= 15 is 0 Å². The lowest BCUT2D eigenvalue weighted by Gasteiger charge is -2.22. The molecule has 6 heteroatoms. The maximum Gasteiger partial charge on any atom is 0.237 e. The van der Waals surface area contributed by atoms with Crippen LogP contribution in [0.25, 0.3) is 11.3 Å². The summed E-state index contributed by atoms with van der Waals surface area (Å²) in [6, 6.07) is 18.2. The third kappa shape index (κ3) is 3.08. The lowest BCUT2D eigenvalue weighted by molar-refractivity contribution is -0.116. The fourth-order valence-electron chi connectivity index (χ4n) is 3.37. The number of thioether (sulfide) groups is 1. The van der Waals surface area contributed by atoms with Gasteiger partial charge in [-0.05, 0) is 25.0 Å². The van der Waals surface area contributed by atoms with E-state index in [-0.39, 0.29) is 11.9 Å². The molecule has 1 amide bonds. The van der Waals surface area contributed by atoms with E-state index in [9.17, 15) is 4.79 Å². The van der Waals surface area contributed by atoms with Crippen LogP contribution in [0.4, 0.5) is 5.69 Å². The van der Waals surface area contributed by atoms with Crippen LogP contribution in [0.5, 0.6) is 0 Å². The molecule has 2 aromatic carbocycles. The molecule has 0 aliphatic carbocycles. The van der Waals surface area contributed by atoms with Crippen molar-refractivity contribution in [2.75, 3.05) is 16.5 Å². The number of anilines is 1. The zero-order valence-electron chi connectivity index (χ0n) is 14.5. The van der Waals surface area contributed by atoms with Crippen molar-refractivity contribution in [2.24, 2.45) is 0 Å². The predicted molar refractivity (Wildman–Crippen MR) is 106 cm³/mol. The highest BCUT2D eigenvalue weighted by Crippen LogP contribution is 2.33. The van der Waals surface area contributed by atoms with Crippen LogP contribution in [0, 0.1) is 0 Å². The summed E-state index contributed by atoms with van der Waals surface area (Å²) >= 11 is 1.37. The number of aromatic nitrogens is 2. The highest BCUT2D eigenvalue weighted by Gasteiger charge is 2.30. The van der Waals surface area contributed by atoms with Crippen molar-refractivity contribution >= 4 is 23.4 Å². The molecule has 2 heterocycles. The molecule has 0 bridgehead atoms. The molecule has 0 fully saturated rings. The molecule has 132 valence electrons.